The number of carbonyl (C=O) groups excluding carboxylic acids is 4. The number of anilines is 2. The van der Waals surface area contributed by atoms with Crippen molar-refractivity contribution in [3.05, 3.63) is 131 Å². The largest absolute Gasteiger partial charge is 0.462 e. The number of carbonyl (C=O) groups is 4. The van der Waals surface area contributed by atoms with Crippen LogP contribution in [-0.2, 0) is 14.3 Å². The van der Waals surface area contributed by atoms with Crippen LogP contribution in [0.1, 0.15) is 71.4 Å². The molecule has 4 aromatic carbocycles. The Kier molecular flexibility index (Phi) is 12.9. The molecule has 0 aliphatic carbocycles. The Balaban J connectivity index is 1.34. The van der Waals surface area contributed by atoms with Gasteiger partial charge in [0.25, 0.3) is 11.8 Å². The summed E-state index contributed by atoms with van der Waals surface area (Å²) in [6.45, 7) is 6.63. The topological polar surface area (TPSA) is 114 Å². The molecule has 242 valence electrons. The summed E-state index contributed by atoms with van der Waals surface area (Å²) in [5.41, 5.74) is 4.04. The minimum atomic E-state index is -0.470. The third-order valence-corrected chi connectivity index (χ3v) is 8.07. The number of benzene rings is 4. The zero-order valence-corrected chi connectivity index (χ0v) is 27.6. The monoisotopic (exact) mass is 649 g/mol. The Hall–Kier alpha value is -5.15. The van der Waals surface area contributed by atoms with Crippen molar-refractivity contribution in [2.75, 3.05) is 23.0 Å². The van der Waals surface area contributed by atoms with Crippen LogP contribution in [0.4, 0.5) is 11.4 Å². The molecule has 0 unspecified atom stereocenters. The fourth-order valence-electron chi connectivity index (χ4n) is 4.35. The predicted octanol–water partition coefficient (Wildman–Crippen LogP) is 7.91. The maximum atomic E-state index is 13.4. The molecule has 0 aliphatic rings. The molecule has 0 atom stereocenters. The van der Waals surface area contributed by atoms with E-state index in [-0.39, 0.29) is 23.3 Å². The van der Waals surface area contributed by atoms with Crippen LogP contribution < -0.4 is 16.0 Å². The molecule has 8 nitrogen and oxygen atoms in total. The van der Waals surface area contributed by atoms with Gasteiger partial charge in [-0.3, -0.25) is 14.4 Å². The Morgan fingerprint density at radius 2 is 1.40 bits per heavy atom. The second-order valence-corrected chi connectivity index (χ2v) is 12.1. The van der Waals surface area contributed by atoms with Crippen molar-refractivity contribution in [2.45, 2.75) is 44.4 Å². The molecule has 4 aromatic rings. The second kappa shape index (κ2) is 17.5. The predicted molar refractivity (Wildman–Crippen MR) is 188 cm³/mol. The first kappa shape index (κ1) is 34.7. The van der Waals surface area contributed by atoms with Gasteiger partial charge >= 0.3 is 5.97 Å². The molecule has 0 aliphatic heterocycles. The van der Waals surface area contributed by atoms with Gasteiger partial charge in [0.15, 0.2) is 0 Å². The number of rotatable bonds is 14. The van der Waals surface area contributed by atoms with Crippen molar-refractivity contribution in [1.29, 1.82) is 0 Å². The van der Waals surface area contributed by atoms with E-state index < -0.39 is 11.8 Å². The second-order valence-electron chi connectivity index (χ2n) is 11.1. The maximum Gasteiger partial charge on any atom is 0.338 e. The molecular formula is C38H39N3O5S. The average Bonchev–Trinajstić information content (AvgIpc) is 3.08. The van der Waals surface area contributed by atoms with Crippen LogP contribution in [0.25, 0.3) is 6.08 Å². The normalized spacial score (nSPS) is 11.1. The summed E-state index contributed by atoms with van der Waals surface area (Å²) in [5.74, 6) is -0.905. The van der Waals surface area contributed by atoms with Gasteiger partial charge in [-0.25, -0.2) is 4.79 Å². The molecular weight excluding hydrogens is 611 g/mol. The highest BCUT2D eigenvalue weighted by molar-refractivity contribution is 8.00. The highest BCUT2D eigenvalue weighted by Gasteiger charge is 2.16. The van der Waals surface area contributed by atoms with E-state index in [2.05, 4.69) is 29.8 Å². The molecule has 0 bridgehead atoms. The van der Waals surface area contributed by atoms with Crippen LogP contribution in [0.3, 0.4) is 0 Å². The Bertz CT molecular complexity index is 1680. The van der Waals surface area contributed by atoms with E-state index in [9.17, 15) is 19.2 Å². The van der Waals surface area contributed by atoms with Gasteiger partial charge in [0.2, 0.25) is 5.91 Å². The highest BCUT2D eigenvalue weighted by atomic mass is 32.2. The summed E-state index contributed by atoms with van der Waals surface area (Å²) in [4.78, 5) is 51.7. The van der Waals surface area contributed by atoms with Crippen LogP contribution in [0.5, 0.6) is 0 Å². The van der Waals surface area contributed by atoms with E-state index in [1.807, 2.05) is 49.4 Å². The van der Waals surface area contributed by atoms with Crippen molar-refractivity contribution in [1.82, 2.24) is 5.32 Å². The van der Waals surface area contributed by atoms with Crippen LogP contribution in [0.15, 0.2) is 114 Å². The minimum Gasteiger partial charge on any atom is -0.462 e. The summed E-state index contributed by atoms with van der Waals surface area (Å²) < 4.78 is 5.21. The number of unbranched alkanes of at least 4 members (excludes halogenated alkanes) is 1. The smallest absolute Gasteiger partial charge is 0.338 e. The summed E-state index contributed by atoms with van der Waals surface area (Å²) in [6.07, 6.45) is 3.41. The molecule has 0 saturated heterocycles. The molecule has 4 rings (SSSR count). The first-order valence-corrected chi connectivity index (χ1v) is 16.5. The molecule has 0 heterocycles. The first-order chi connectivity index (χ1) is 22.7. The number of ether oxygens (including phenoxy) is 1. The lowest BCUT2D eigenvalue weighted by atomic mass is 10.0. The molecule has 9 heteroatoms. The zero-order valence-electron chi connectivity index (χ0n) is 26.7. The average molecular weight is 650 g/mol. The summed E-state index contributed by atoms with van der Waals surface area (Å²) in [7, 11) is 0. The maximum absolute atomic E-state index is 13.4. The third kappa shape index (κ3) is 11.0. The number of hydrogen-bond acceptors (Lipinski definition) is 6. The number of amides is 3. The standard InChI is InChI=1S/C38H39N3O5S/c1-4-5-23-46-38(45)30-15-17-31(18-16-30)39-35(42)25-47-33-21-19-32(20-22-33)40-37(44)34(41-36(43)29-9-7-6-8-10-29)24-27-11-13-28(14-12-27)26(2)3/h6-22,24,26H,4-5,23,25H2,1-3H3,(H,39,42)(H,40,44)(H,41,43)/b34-24-. The van der Waals surface area contributed by atoms with E-state index in [1.165, 1.54) is 17.3 Å². The Morgan fingerprint density at radius 1 is 0.766 bits per heavy atom. The quantitative estimate of drug-likeness (QED) is 0.0554. The molecule has 0 spiro atoms. The number of esters is 1. The first-order valence-electron chi connectivity index (χ1n) is 15.5. The number of thioether (sulfide) groups is 1. The number of nitrogens with one attached hydrogen (secondary N) is 3. The molecule has 3 N–H and O–H groups in total. The fourth-order valence-corrected chi connectivity index (χ4v) is 5.05. The lowest BCUT2D eigenvalue weighted by molar-refractivity contribution is -0.114. The van der Waals surface area contributed by atoms with Crippen LogP contribution in [-0.4, -0.2) is 36.1 Å². The molecule has 0 saturated carbocycles. The van der Waals surface area contributed by atoms with E-state index in [1.54, 1.807) is 66.7 Å². The van der Waals surface area contributed by atoms with E-state index in [4.69, 9.17) is 4.74 Å². The molecule has 3 amide bonds. The van der Waals surface area contributed by atoms with Gasteiger partial charge in [0.05, 0.1) is 17.9 Å². The summed E-state index contributed by atoms with van der Waals surface area (Å²) in [5, 5.41) is 8.44. The van der Waals surface area contributed by atoms with Gasteiger partial charge in [-0.1, -0.05) is 69.7 Å². The lowest BCUT2D eigenvalue weighted by Gasteiger charge is -2.12. The molecule has 47 heavy (non-hydrogen) atoms. The van der Waals surface area contributed by atoms with Crippen molar-refractivity contribution < 1.29 is 23.9 Å². The highest BCUT2D eigenvalue weighted by Crippen LogP contribution is 2.22. The van der Waals surface area contributed by atoms with Crippen molar-refractivity contribution in [2.24, 2.45) is 0 Å². The molecule has 0 fully saturated rings. The van der Waals surface area contributed by atoms with Crippen LogP contribution in [0.2, 0.25) is 0 Å². The van der Waals surface area contributed by atoms with Crippen molar-refractivity contribution in [3.8, 4) is 0 Å². The van der Waals surface area contributed by atoms with Crippen LogP contribution in [0, 0.1) is 0 Å². The van der Waals surface area contributed by atoms with Gasteiger partial charge < -0.3 is 20.7 Å². The number of hydrogen-bond donors (Lipinski definition) is 3. The van der Waals surface area contributed by atoms with E-state index in [0.717, 1.165) is 23.3 Å². The third-order valence-electron chi connectivity index (χ3n) is 7.06. The van der Waals surface area contributed by atoms with Gasteiger partial charge in [-0.2, -0.15) is 0 Å². The van der Waals surface area contributed by atoms with E-state index in [0.29, 0.717) is 35.0 Å². The van der Waals surface area contributed by atoms with Gasteiger partial charge in [-0.15, -0.1) is 11.8 Å². The fraction of sp³-hybridized carbons (Fsp3) is 0.211. The SMILES string of the molecule is CCCCOC(=O)c1ccc(NC(=O)CSc2ccc(NC(=O)/C(=C/c3ccc(C(C)C)cc3)NC(=O)c3ccccc3)cc2)cc1. The molecule has 0 aromatic heterocycles. The molecule has 0 radical (unpaired) electrons. The Morgan fingerprint density at radius 3 is 2.04 bits per heavy atom. The van der Waals surface area contributed by atoms with Gasteiger partial charge in [0, 0.05) is 21.8 Å². The lowest BCUT2D eigenvalue weighted by Crippen LogP contribution is -2.30. The Labute approximate surface area is 280 Å². The van der Waals surface area contributed by atoms with Crippen molar-refractivity contribution in [3.63, 3.8) is 0 Å². The zero-order chi connectivity index (χ0) is 33.6. The van der Waals surface area contributed by atoms with E-state index >= 15 is 0 Å². The summed E-state index contributed by atoms with van der Waals surface area (Å²) in [6, 6.07) is 30.2. The minimum absolute atomic E-state index is 0.104. The van der Waals surface area contributed by atoms with Crippen molar-refractivity contribution >= 4 is 52.9 Å². The van der Waals surface area contributed by atoms with Gasteiger partial charge in [-0.05, 0) is 90.2 Å². The van der Waals surface area contributed by atoms with Crippen LogP contribution >= 0.6 is 11.8 Å². The summed E-state index contributed by atoms with van der Waals surface area (Å²) >= 11 is 1.34. The van der Waals surface area contributed by atoms with Gasteiger partial charge in [0.1, 0.15) is 5.70 Å².